The molecular formula is C13H8Br3N5. The Morgan fingerprint density at radius 1 is 0.952 bits per heavy atom. The lowest BCUT2D eigenvalue weighted by Crippen LogP contribution is -2.01. The van der Waals surface area contributed by atoms with Gasteiger partial charge in [0.15, 0.2) is 5.82 Å². The average molecular weight is 474 g/mol. The number of nitrogens with two attached hydrogens (primary N) is 1. The van der Waals surface area contributed by atoms with Crippen molar-refractivity contribution in [2.24, 2.45) is 0 Å². The molecule has 0 bridgehead atoms. The van der Waals surface area contributed by atoms with Gasteiger partial charge in [-0.25, -0.2) is 0 Å². The molecule has 0 fully saturated rings. The summed E-state index contributed by atoms with van der Waals surface area (Å²) in [6, 6.07) is 11.3. The van der Waals surface area contributed by atoms with Crippen molar-refractivity contribution >= 4 is 53.5 Å². The van der Waals surface area contributed by atoms with Crippen LogP contribution in [0.4, 0.5) is 5.69 Å². The number of hydrogen-bond donors (Lipinski definition) is 1. The van der Waals surface area contributed by atoms with E-state index in [0.717, 1.165) is 24.7 Å². The van der Waals surface area contributed by atoms with Crippen LogP contribution >= 0.6 is 47.8 Å². The number of hydrogen-bond acceptors (Lipinski definition) is 4. The van der Waals surface area contributed by atoms with Crippen LogP contribution in [0.5, 0.6) is 0 Å². The number of nitrogens with zero attached hydrogens (tertiary/aromatic N) is 4. The zero-order valence-electron chi connectivity index (χ0n) is 10.5. The first-order chi connectivity index (χ1) is 10.1. The molecule has 0 saturated heterocycles. The third kappa shape index (κ3) is 2.88. The molecular weight excluding hydrogens is 466 g/mol. The van der Waals surface area contributed by atoms with Crippen molar-refractivity contribution in [2.75, 3.05) is 5.73 Å². The minimum absolute atomic E-state index is 0.609. The smallest absolute Gasteiger partial charge is 0.188 e. The molecule has 2 N–H and O–H groups in total. The molecule has 1 aromatic heterocycles. The number of tetrazole rings is 1. The Hall–Kier alpha value is -1.25. The molecule has 0 aliphatic rings. The molecule has 106 valence electrons. The third-order valence-corrected chi connectivity index (χ3v) is 4.66. The fourth-order valence-corrected chi connectivity index (χ4v) is 3.52. The van der Waals surface area contributed by atoms with Gasteiger partial charge in [0.1, 0.15) is 0 Å². The fourth-order valence-electron chi connectivity index (χ4n) is 1.88. The largest absolute Gasteiger partial charge is 0.399 e. The van der Waals surface area contributed by atoms with E-state index in [2.05, 4.69) is 63.3 Å². The standard InChI is InChI=1S/C13H8Br3N5/c14-7-1-4-12(11(16)5-7)21-13(18-19-20-21)9-6-8(17)2-3-10(9)15/h1-6H,17H2. The normalized spacial score (nSPS) is 10.8. The van der Waals surface area contributed by atoms with Gasteiger partial charge in [0, 0.05) is 24.7 Å². The molecule has 0 spiro atoms. The average Bonchev–Trinajstić information content (AvgIpc) is 2.90. The second kappa shape index (κ2) is 5.86. The predicted octanol–water partition coefficient (Wildman–Crippen LogP) is 4.20. The van der Waals surface area contributed by atoms with E-state index in [1.807, 2.05) is 36.4 Å². The highest BCUT2D eigenvalue weighted by molar-refractivity contribution is 9.11. The molecule has 0 atom stereocenters. The van der Waals surface area contributed by atoms with Crippen molar-refractivity contribution in [1.82, 2.24) is 20.2 Å². The van der Waals surface area contributed by atoms with E-state index in [1.54, 1.807) is 4.68 Å². The molecule has 0 aliphatic heterocycles. The Balaban J connectivity index is 2.19. The maximum absolute atomic E-state index is 5.86. The van der Waals surface area contributed by atoms with Gasteiger partial charge in [0.25, 0.3) is 0 Å². The van der Waals surface area contributed by atoms with Gasteiger partial charge in [-0.15, -0.1) is 5.10 Å². The lowest BCUT2D eigenvalue weighted by atomic mass is 10.2. The highest BCUT2D eigenvalue weighted by Gasteiger charge is 2.16. The first-order valence-electron chi connectivity index (χ1n) is 5.85. The van der Waals surface area contributed by atoms with Crippen LogP contribution in [0.2, 0.25) is 0 Å². The van der Waals surface area contributed by atoms with Crippen molar-refractivity contribution < 1.29 is 0 Å². The number of halogens is 3. The first-order valence-corrected chi connectivity index (χ1v) is 8.23. The summed E-state index contributed by atoms with van der Waals surface area (Å²) in [7, 11) is 0. The minimum atomic E-state index is 0.609. The maximum Gasteiger partial charge on any atom is 0.188 e. The van der Waals surface area contributed by atoms with E-state index in [0.29, 0.717) is 11.5 Å². The van der Waals surface area contributed by atoms with Gasteiger partial charge in [-0.3, -0.25) is 0 Å². The highest BCUT2D eigenvalue weighted by atomic mass is 79.9. The van der Waals surface area contributed by atoms with Gasteiger partial charge >= 0.3 is 0 Å². The van der Waals surface area contributed by atoms with Crippen LogP contribution in [0, 0.1) is 0 Å². The van der Waals surface area contributed by atoms with Crippen molar-refractivity contribution in [3.8, 4) is 17.1 Å². The van der Waals surface area contributed by atoms with Gasteiger partial charge in [0.2, 0.25) is 0 Å². The van der Waals surface area contributed by atoms with E-state index >= 15 is 0 Å². The molecule has 0 saturated carbocycles. The van der Waals surface area contributed by atoms with Crippen LogP contribution in [0.15, 0.2) is 49.8 Å². The molecule has 0 amide bonds. The molecule has 0 aliphatic carbocycles. The summed E-state index contributed by atoms with van der Waals surface area (Å²) >= 11 is 10.5. The minimum Gasteiger partial charge on any atom is -0.399 e. The highest BCUT2D eigenvalue weighted by Crippen LogP contribution is 2.32. The van der Waals surface area contributed by atoms with Crippen LogP contribution < -0.4 is 5.73 Å². The molecule has 3 aromatic rings. The summed E-state index contributed by atoms with van der Waals surface area (Å²) in [4.78, 5) is 0. The van der Waals surface area contributed by atoms with Crippen molar-refractivity contribution in [2.45, 2.75) is 0 Å². The van der Waals surface area contributed by atoms with E-state index in [-0.39, 0.29) is 0 Å². The van der Waals surface area contributed by atoms with Crippen LogP contribution in [0.25, 0.3) is 17.1 Å². The fraction of sp³-hybridized carbons (Fsp3) is 0. The van der Waals surface area contributed by atoms with Crippen LogP contribution in [-0.2, 0) is 0 Å². The van der Waals surface area contributed by atoms with Gasteiger partial charge in [-0.05, 0) is 62.8 Å². The monoisotopic (exact) mass is 471 g/mol. The molecule has 3 rings (SSSR count). The maximum atomic E-state index is 5.86. The summed E-state index contributed by atoms with van der Waals surface area (Å²) in [6.45, 7) is 0. The molecule has 0 radical (unpaired) electrons. The van der Waals surface area contributed by atoms with Crippen molar-refractivity contribution in [1.29, 1.82) is 0 Å². The first kappa shape index (κ1) is 14.7. The molecule has 2 aromatic carbocycles. The Bertz CT molecular complexity index is 815. The number of nitrogen functional groups attached to an aromatic ring is 1. The van der Waals surface area contributed by atoms with E-state index in [4.69, 9.17) is 5.73 Å². The quantitative estimate of drug-likeness (QED) is 0.566. The predicted molar refractivity (Wildman–Crippen MR) is 92.1 cm³/mol. The summed E-state index contributed by atoms with van der Waals surface area (Å²) in [5.74, 6) is 0.609. The van der Waals surface area contributed by atoms with E-state index < -0.39 is 0 Å². The lowest BCUT2D eigenvalue weighted by Gasteiger charge is -2.09. The Morgan fingerprint density at radius 2 is 1.76 bits per heavy atom. The van der Waals surface area contributed by atoms with Gasteiger partial charge in [-0.1, -0.05) is 31.9 Å². The van der Waals surface area contributed by atoms with E-state index in [9.17, 15) is 0 Å². The van der Waals surface area contributed by atoms with Gasteiger partial charge in [0.05, 0.1) is 5.69 Å². The zero-order valence-corrected chi connectivity index (χ0v) is 15.2. The lowest BCUT2D eigenvalue weighted by molar-refractivity contribution is 0.788. The number of rotatable bonds is 2. The SMILES string of the molecule is Nc1ccc(Br)c(-c2nnnn2-c2ccc(Br)cc2Br)c1. The number of benzene rings is 2. The van der Waals surface area contributed by atoms with Crippen LogP contribution in [-0.4, -0.2) is 20.2 Å². The molecule has 21 heavy (non-hydrogen) atoms. The molecule has 0 unspecified atom stereocenters. The van der Waals surface area contributed by atoms with Crippen molar-refractivity contribution in [3.05, 3.63) is 49.8 Å². The Morgan fingerprint density at radius 3 is 2.52 bits per heavy atom. The third-order valence-electron chi connectivity index (χ3n) is 2.84. The zero-order chi connectivity index (χ0) is 15.0. The molecule has 8 heteroatoms. The van der Waals surface area contributed by atoms with Gasteiger partial charge < -0.3 is 5.73 Å². The summed E-state index contributed by atoms with van der Waals surface area (Å²) in [6.07, 6.45) is 0. The summed E-state index contributed by atoms with van der Waals surface area (Å²) in [5, 5.41) is 12.0. The second-order valence-electron chi connectivity index (χ2n) is 4.25. The Kier molecular flexibility index (Phi) is 4.10. The van der Waals surface area contributed by atoms with Gasteiger partial charge in [-0.2, -0.15) is 4.68 Å². The van der Waals surface area contributed by atoms with Crippen molar-refractivity contribution in [3.63, 3.8) is 0 Å². The van der Waals surface area contributed by atoms with Crippen LogP contribution in [0.3, 0.4) is 0 Å². The summed E-state index contributed by atoms with van der Waals surface area (Å²) in [5.41, 5.74) is 8.18. The second-order valence-corrected chi connectivity index (χ2v) is 6.87. The number of anilines is 1. The molecule has 5 nitrogen and oxygen atoms in total. The number of aromatic nitrogens is 4. The van der Waals surface area contributed by atoms with Crippen LogP contribution in [0.1, 0.15) is 0 Å². The molecule has 1 heterocycles. The Labute approximate surface area is 145 Å². The topological polar surface area (TPSA) is 69.6 Å². The van der Waals surface area contributed by atoms with E-state index in [1.165, 1.54) is 0 Å². The summed E-state index contributed by atoms with van der Waals surface area (Å²) < 4.78 is 4.39.